The lowest BCUT2D eigenvalue weighted by Crippen LogP contribution is -2.11. The molecule has 0 radical (unpaired) electrons. The number of nitrogens with one attached hydrogen (secondary N) is 1. The first-order valence-corrected chi connectivity index (χ1v) is 5.86. The Balaban J connectivity index is 2.66. The van der Waals surface area contributed by atoms with E-state index >= 15 is 0 Å². The topological polar surface area (TPSA) is 38.0 Å². The second-order valence-corrected chi connectivity index (χ2v) is 4.41. The summed E-state index contributed by atoms with van der Waals surface area (Å²) in [6.45, 7) is 5.70. The van der Waals surface area contributed by atoms with Crippen LogP contribution < -0.4 is 11.1 Å². The summed E-state index contributed by atoms with van der Waals surface area (Å²) >= 11 is 0. The molecule has 0 atom stereocenters. The molecule has 3 heteroatoms. The van der Waals surface area contributed by atoms with Crippen molar-refractivity contribution in [2.45, 2.75) is 26.7 Å². The SMILES string of the molecule is CC(C)CCNc1cccc(F)c1CCN. The van der Waals surface area contributed by atoms with Crippen LogP contribution >= 0.6 is 0 Å². The van der Waals surface area contributed by atoms with E-state index in [-0.39, 0.29) is 5.82 Å². The van der Waals surface area contributed by atoms with Crippen LogP contribution in [0.5, 0.6) is 0 Å². The Morgan fingerprint density at radius 2 is 2.12 bits per heavy atom. The number of rotatable bonds is 6. The van der Waals surface area contributed by atoms with Gasteiger partial charge in [-0.25, -0.2) is 4.39 Å². The highest BCUT2D eigenvalue weighted by molar-refractivity contribution is 5.51. The van der Waals surface area contributed by atoms with Crippen molar-refractivity contribution in [2.75, 3.05) is 18.4 Å². The van der Waals surface area contributed by atoms with Gasteiger partial charge >= 0.3 is 0 Å². The molecule has 0 fully saturated rings. The fourth-order valence-electron chi connectivity index (χ4n) is 1.62. The highest BCUT2D eigenvalue weighted by Gasteiger charge is 2.06. The van der Waals surface area contributed by atoms with E-state index in [4.69, 9.17) is 5.73 Å². The van der Waals surface area contributed by atoms with E-state index in [1.165, 1.54) is 6.07 Å². The number of anilines is 1. The smallest absolute Gasteiger partial charge is 0.128 e. The number of halogens is 1. The Hall–Kier alpha value is -1.09. The summed E-state index contributed by atoms with van der Waals surface area (Å²) in [5.41, 5.74) is 7.06. The van der Waals surface area contributed by atoms with E-state index in [1.807, 2.05) is 6.07 Å². The first-order valence-electron chi connectivity index (χ1n) is 5.86. The second kappa shape index (κ2) is 6.48. The van der Waals surface area contributed by atoms with Gasteiger partial charge in [0.1, 0.15) is 5.82 Å². The third kappa shape index (κ3) is 3.81. The molecule has 1 aromatic carbocycles. The molecule has 1 aromatic rings. The molecule has 0 aliphatic carbocycles. The monoisotopic (exact) mass is 224 g/mol. The van der Waals surface area contributed by atoms with Gasteiger partial charge in [0.25, 0.3) is 0 Å². The maximum atomic E-state index is 13.5. The number of hydrogen-bond acceptors (Lipinski definition) is 2. The maximum Gasteiger partial charge on any atom is 0.128 e. The average Bonchev–Trinajstić information content (AvgIpc) is 2.22. The predicted octanol–water partition coefficient (Wildman–Crippen LogP) is 2.78. The molecule has 90 valence electrons. The molecular weight excluding hydrogens is 203 g/mol. The van der Waals surface area contributed by atoms with Crippen molar-refractivity contribution in [3.05, 3.63) is 29.6 Å². The Morgan fingerprint density at radius 3 is 2.75 bits per heavy atom. The Bertz CT molecular complexity index is 324. The van der Waals surface area contributed by atoms with Crippen LogP contribution in [-0.4, -0.2) is 13.1 Å². The quantitative estimate of drug-likeness (QED) is 0.779. The molecule has 0 heterocycles. The van der Waals surface area contributed by atoms with Crippen LogP contribution in [0, 0.1) is 11.7 Å². The van der Waals surface area contributed by atoms with Crippen LogP contribution in [0.25, 0.3) is 0 Å². The molecule has 0 saturated carbocycles. The summed E-state index contributed by atoms with van der Waals surface area (Å²) < 4.78 is 13.5. The van der Waals surface area contributed by atoms with E-state index in [2.05, 4.69) is 19.2 Å². The van der Waals surface area contributed by atoms with E-state index in [0.29, 0.717) is 24.4 Å². The summed E-state index contributed by atoms with van der Waals surface area (Å²) in [5, 5.41) is 3.27. The van der Waals surface area contributed by atoms with Gasteiger partial charge in [-0.05, 0) is 37.4 Å². The third-order valence-electron chi connectivity index (χ3n) is 2.55. The highest BCUT2D eigenvalue weighted by atomic mass is 19.1. The average molecular weight is 224 g/mol. The molecule has 0 bridgehead atoms. The molecular formula is C13H21FN2. The molecule has 0 aromatic heterocycles. The summed E-state index contributed by atoms with van der Waals surface area (Å²) in [7, 11) is 0. The van der Waals surface area contributed by atoms with Crippen LogP contribution in [0.1, 0.15) is 25.8 Å². The van der Waals surface area contributed by atoms with Crippen molar-refractivity contribution in [3.63, 3.8) is 0 Å². The second-order valence-electron chi connectivity index (χ2n) is 4.41. The standard InChI is InChI=1S/C13H21FN2/c1-10(2)7-9-16-13-5-3-4-12(14)11(13)6-8-15/h3-5,10,16H,6-9,15H2,1-2H3. The maximum absolute atomic E-state index is 13.5. The lowest BCUT2D eigenvalue weighted by Gasteiger charge is -2.13. The molecule has 0 saturated heterocycles. The zero-order valence-corrected chi connectivity index (χ0v) is 10.1. The summed E-state index contributed by atoms with van der Waals surface area (Å²) in [6.07, 6.45) is 1.66. The van der Waals surface area contributed by atoms with Crippen molar-refractivity contribution >= 4 is 5.69 Å². The van der Waals surface area contributed by atoms with Crippen LogP contribution in [-0.2, 0) is 6.42 Å². The molecule has 0 aliphatic heterocycles. The molecule has 0 spiro atoms. The fourth-order valence-corrected chi connectivity index (χ4v) is 1.62. The van der Waals surface area contributed by atoms with Crippen molar-refractivity contribution in [3.8, 4) is 0 Å². The molecule has 2 nitrogen and oxygen atoms in total. The molecule has 3 N–H and O–H groups in total. The van der Waals surface area contributed by atoms with Gasteiger partial charge in [-0.3, -0.25) is 0 Å². The van der Waals surface area contributed by atoms with E-state index in [9.17, 15) is 4.39 Å². The van der Waals surface area contributed by atoms with E-state index < -0.39 is 0 Å². The number of nitrogens with two attached hydrogens (primary N) is 1. The van der Waals surface area contributed by atoms with Crippen molar-refractivity contribution in [1.82, 2.24) is 0 Å². The normalized spacial score (nSPS) is 10.8. The van der Waals surface area contributed by atoms with Gasteiger partial charge in [0.2, 0.25) is 0 Å². The van der Waals surface area contributed by atoms with Crippen LogP contribution in [0.2, 0.25) is 0 Å². The number of hydrogen-bond donors (Lipinski definition) is 2. The molecule has 16 heavy (non-hydrogen) atoms. The summed E-state index contributed by atoms with van der Waals surface area (Å²) in [6, 6.07) is 5.13. The van der Waals surface area contributed by atoms with Gasteiger partial charge in [-0.2, -0.15) is 0 Å². The van der Waals surface area contributed by atoms with Crippen LogP contribution in [0.15, 0.2) is 18.2 Å². The summed E-state index contributed by atoms with van der Waals surface area (Å²) in [5.74, 6) is 0.485. The van der Waals surface area contributed by atoms with Gasteiger partial charge in [-0.1, -0.05) is 19.9 Å². The lowest BCUT2D eigenvalue weighted by molar-refractivity contribution is 0.601. The third-order valence-corrected chi connectivity index (χ3v) is 2.55. The van der Waals surface area contributed by atoms with Gasteiger partial charge in [0.15, 0.2) is 0 Å². The minimum Gasteiger partial charge on any atom is -0.385 e. The van der Waals surface area contributed by atoms with Gasteiger partial charge in [-0.15, -0.1) is 0 Å². The lowest BCUT2D eigenvalue weighted by atomic mass is 10.1. The molecule has 0 unspecified atom stereocenters. The van der Waals surface area contributed by atoms with Crippen molar-refractivity contribution in [2.24, 2.45) is 11.7 Å². The Labute approximate surface area is 97.0 Å². The van der Waals surface area contributed by atoms with E-state index in [0.717, 1.165) is 18.7 Å². The highest BCUT2D eigenvalue weighted by Crippen LogP contribution is 2.19. The Morgan fingerprint density at radius 1 is 1.38 bits per heavy atom. The van der Waals surface area contributed by atoms with Gasteiger partial charge in [0, 0.05) is 17.8 Å². The van der Waals surface area contributed by atoms with Crippen molar-refractivity contribution in [1.29, 1.82) is 0 Å². The predicted molar refractivity (Wildman–Crippen MR) is 67.1 cm³/mol. The first-order chi connectivity index (χ1) is 7.65. The molecule has 0 amide bonds. The first kappa shape index (κ1) is 13.0. The minimum absolute atomic E-state index is 0.167. The Kier molecular flexibility index (Phi) is 5.26. The van der Waals surface area contributed by atoms with Gasteiger partial charge in [0.05, 0.1) is 0 Å². The summed E-state index contributed by atoms with van der Waals surface area (Å²) in [4.78, 5) is 0. The fraction of sp³-hybridized carbons (Fsp3) is 0.538. The molecule has 1 rings (SSSR count). The van der Waals surface area contributed by atoms with Crippen LogP contribution in [0.4, 0.5) is 10.1 Å². The zero-order chi connectivity index (χ0) is 12.0. The molecule has 0 aliphatic rings. The largest absolute Gasteiger partial charge is 0.385 e. The van der Waals surface area contributed by atoms with Gasteiger partial charge < -0.3 is 11.1 Å². The van der Waals surface area contributed by atoms with E-state index in [1.54, 1.807) is 6.07 Å². The zero-order valence-electron chi connectivity index (χ0n) is 10.1. The van der Waals surface area contributed by atoms with Crippen LogP contribution in [0.3, 0.4) is 0 Å². The number of benzene rings is 1. The minimum atomic E-state index is -0.167. The van der Waals surface area contributed by atoms with Crippen molar-refractivity contribution < 1.29 is 4.39 Å².